The lowest BCUT2D eigenvalue weighted by Gasteiger charge is -2.11. The van der Waals surface area contributed by atoms with E-state index in [-0.39, 0.29) is 30.0 Å². The third-order valence-corrected chi connectivity index (χ3v) is 3.05. The van der Waals surface area contributed by atoms with Crippen LogP contribution in [0.3, 0.4) is 0 Å². The van der Waals surface area contributed by atoms with Gasteiger partial charge >= 0.3 is 5.97 Å². The molecule has 1 aromatic heterocycles. The van der Waals surface area contributed by atoms with Crippen LogP contribution in [0.4, 0.5) is 15.9 Å². The summed E-state index contributed by atoms with van der Waals surface area (Å²) in [6, 6.07) is 10.8. The first kappa shape index (κ1) is 17.9. The van der Waals surface area contributed by atoms with Gasteiger partial charge in [-0.2, -0.15) is 5.26 Å². The second-order valence-corrected chi connectivity index (χ2v) is 4.84. The fourth-order valence-electron chi connectivity index (χ4n) is 1.88. The maximum absolute atomic E-state index is 13.7. The van der Waals surface area contributed by atoms with Gasteiger partial charge in [-0.1, -0.05) is 12.1 Å². The maximum Gasteiger partial charge on any atom is 0.342 e. The summed E-state index contributed by atoms with van der Waals surface area (Å²) in [5.74, 6) is -1.68. The van der Waals surface area contributed by atoms with Gasteiger partial charge in [-0.15, -0.1) is 0 Å². The third-order valence-electron chi connectivity index (χ3n) is 3.05. The van der Waals surface area contributed by atoms with Gasteiger partial charge in [0.05, 0.1) is 18.2 Å². The number of para-hydroxylation sites is 1. The molecule has 0 spiro atoms. The zero-order valence-electron chi connectivity index (χ0n) is 13.2. The van der Waals surface area contributed by atoms with Crippen LogP contribution >= 0.6 is 0 Å². The van der Waals surface area contributed by atoms with Crippen molar-refractivity contribution >= 4 is 23.4 Å². The van der Waals surface area contributed by atoms with Gasteiger partial charge in [0.1, 0.15) is 17.2 Å². The molecule has 8 heteroatoms. The first-order chi connectivity index (χ1) is 12.1. The lowest BCUT2D eigenvalue weighted by atomic mass is 10.2. The Hall–Kier alpha value is -3.47. The van der Waals surface area contributed by atoms with E-state index in [1.54, 1.807) is 12.1 Å². The predicted molar refractivity (Wildman–Crippen MR) is 87.4 cm³/mol. The smallest absolute Gasteiger partial charge is 0.342 e. The molecule has 1 aromatic carbocycles. The number of pyridine rings is 1. The van der Waals surface area contributed by atoms with Crippen molar-refractivity contribution in [2.45, 2.75) is 6.42 Å². The molecule has 0 bridgehead atoms. The second kappa shape index (κ2) is 8.98. The quantitative estimate of drug-likeness (QED) is 0.590. The molecule has 2 N–H and O–H groups in total. The van der Waals surface area contributed by atoms with E-state index in [0.29, 0.717) is 0 Å². The summed E-state index contributed by atoms with van der Waals surface area (Å²) in [7, 11) is 0. The monoisotopic (exact) mass is 342 g/mol. The molecule has 0 aliphatic carbocycles. The maximum atomic E-state index is 13.7. The van der Waals surface area contributed by atoms with E-state index in [4.69, 9.17) is 10.00 Å². The van der Waals surface area contributed by atoms with E-state index in [2.05, 4.69) is 15.6 Å². The van der Waals surface area contributed by atoms with Gasteiger partial charge in [0.2, 0.25) is 0 Å². The molecule has 2 rings (SSSR count). The summed E-state index contributed by atoms with van der Waals surface area (Å²) in [6.07, 6.45) is 1.60. The number of esters is 1. The molecule has 1 amide bonds. The zero-order valence-corrected chi connectivity index (χ0v) is 13.2. The summed E-state index contributed by atoms with van der Waals surface area (Å²) in [5, 5.41) is 13.6. The Morgan fingerprint density at radius 1 is 1.24 bits per heavy atom. The molecule has 0 aliphatic heterocycles. The van der Waals surface area contributed by atoms with E-state index < -0.39 is 24.3 Å². The fourth-order valence-corrected chi connectivity index (χ4v) is 1.88. The lowest BCUT2D eigenvalue weighted by molar-refractivity contribution is -0.124. The van der Waals surface area contributed by atoms with E-state index in [1.807, 2.05) is 6.07 Å². The van der Waals surface area contributed by atoms with Gasteiger partial charge < -0.3 is 15.4 Å². The number of benzene rings is 1. The van der Waals surface area contributed by atoms with Crippen molar-refractivity contribution in [3.63, 3.8) is 0 Å². The highest BCUT2D eigenvalue weighted by atomic mass is 19.1. The zero-order chi connectivity index (χ0) is 18.1. The van der Waals surface area contributed by atoms with E-state index in [0.717, 1.165) is 0 Å². The Morgan fingerprint density at radius 3 is 2.80 bits per heavy atom. The molecule has 0 atom stereocenters. The minimum atomic E-state index is -0.776. The topological polar surface area (TPSA) is 104 Å². The van der Waals surface area contributed by atoms with Crippen molar-refractivity contribution in [2.24, 2.45) is 0 Å². The number of hydrogen-bond acceptors (Lipinski definition) is 6. The van der Waals surface area contributed by atoms with Gasteiger partial charge in [0.15, 0.2) is 6.61 Å². The molecule has 1 heterocycles. The largest absolute Gasteiger partial charge is 0.452 e. The molecular formula is C17H15FN4O3. The van der Waals surface area contributed by atoms with Crippen molar-refractivity contribution < 1.29 is 18.7 Å². The van der Waals surface area contributed by atoms with Crippen LogP contribution in [0.1, 0.15) is 16.8 Å². The highest BCUT2D eigenvalue weighted by Crippen LogP contribution is 2.21. The summed E-state index contributed by atoms with van der Waals surface area (Å²) in [6.45, 7) is -0.307. The molecule has 0 fully saturated rings. The van der Waals surface area contributed by atoms with Crippen molar-refractivity contribution in [1.29, 1.82) is 5.26 Å². The summed E-state index contributed by atoms with van der Waals surface area (Å²) in [4.78, 5) is 27.7. The number of nitriles is 1. The average molecular weight is 342 g/mol. The molecule has 0 unspecified atom stereocenters. The van der Waals surface area contributed by atoms with Gasteiger partial charge in [0, 0.05) is 12.7 Å². The SMILES string of the molecule is N#CCCNC(=O)COC(=O)c1cccnc1Nc1ccccc1F. The van der Waals surface area contributed by atoms with Crippen molar-refractivity contribution in [2.75, 3.05) is 18.5 Å². The standard InChI is InChI=1S/C17H15FN4O3/c18-13-6-1-2-7-14(13)22-16-12(5-3-9-21-16)17(24)25-11-15(23)20-10-4-8-19/h1-3,5-7,9H,4,10-11H2,(H,20,23)(H,21,22). The number of amides is 1. The van der Waals surface area contributed by atoms with Gasteiger partial charge in [0.25, 0.3) is 5.91 Å². The molecule has 7 nitrogen and oxygen atoms in total. The highest BCUT2D eigenvalue weighted by Gasteiger charge is 2.16. The Morgan fingerprint density at radius 2 is 2.04 bits per heavy atom. The van der Waals surface area contributed by atoms with Crippen molar-refractivity contribution in [3.05, 3.63) is 54.0 Å². The van der Waals surface area contributed by atoms with Crippen LogP contribution in [0.5, 0.6) is 0 Å². The summed E-state index contributed by atoms with van der Waals surface area (Å²) in [5.41, 5.74) is 0.222. The van der Waals surface area contributed by atoms with Crippen molar-refractivity contribution in [3.8, 4) is 6.07 Å². The Labute approximate surface area is 143 Å². The number of nitrogens with zero attached hydrogens (tertiary/aromatic N) is 2. The number of anilines is 2. The lowest BCUT2D eigenvalue weighted by Crippen LogP contribution is -2.29. The molecule has 25 heavy (non-hydrogen) atoms. The van der Waals surface area contributed by atoms with Crippen LogP contribution in [-0.2, 0) is 9.53 Å². The second-order valence-electron chi connectivity index (χ2n) is 4.84. The van der Waals surface area contributed by atoms with Crippen LogP contribution in [0.15, 0.2) is 42.6 Å². The molecule has 0 aliphatic rings. The van der Waals surface area contributed by atoms with Crippen molar-refractivity contribution in [1.82, 2.24) is 10.3 Å². The summed E-state index contributed by atoms with van der Waals surface area (Å²) >= 11 is 0. The van der Waals surface area contributed by atoms with Crippen LogP contribution in [0.25, 0.3) is 0 Å². The van der Waals surface area contributed by atoms with Crippen LogP contribution in [0.2, 0.25) is 0 Å². The molecule has 2 aromatic rings. The normalized spacial score (nSPS) is 9.76. The predicted octanol–water partition coefficient (Wildman–Crippen LogP) is 2.15. The Kier molecular flexibility index (Phi) is 6.42. The highest BCUT2D eigenvalue weighted by molar-refractivity contribution is 5.96. The molecule has 0 saturated heterocycles. The molecule has 0 saturated carbocycles. The average Bonchev–Trinajstić information content (AvgIpc) is 2.62. The number of ether oxygens (including phenoxy) is 1. The fraction of sp³-hybridized carbons (Fsp3) is 0.176. The summed E-state index contributed by atoms with van der Waals surface area (Å²) < 4.78 is 18.6. The number of hydrogen-bond donors (Lipinski definition) is 2. The van der Waals surface area contributed by atoms with E-state index >= 15 is 0 Å². The number of aromatic nitrogens is 1. The van der Waals surface area contributed by atoms with Gasteiger partial charge in [-0.25, -0.2) is 14.2 Å². The molecule has 128 valence electrons. The van der Waals surface area contributed by atoms with E-state index in [1.165, 1.54) is 30.5 Å². The number of carbonyl (C=O) groups excluding carboxylic acids is 2. The third kappa shape index (κ3) is 5.28. The van der Waals surface area contributed by atoms with Crippen LogP contribution in [-0.4, -0.2) is 30.0 Å². The Balaban J connectivity index is 2.02. The molecule has 0 radical (unpaired) electrons. The minimum Gasteiger partial charge on any atom is -0.452 e. The Bertz CT molecular complexity index is 804. The minimum absolute atomic E-state index is 0.0653. The van der Waals surface area contributed by atoms with Crippen LogP contribution in [0, 0.1) is 17.1 Å². The van der Waals surface area contributed by atoms with Gasteiger partial charge in [-0.3, -0.25) is 4.79 Å². The first-order valence-electron chi connectivity index (χ1n) is 7.39. The number of halogens is 1. The van der Waals surface area contributed by atoms with Gasteiger partial charge in [-0.05, 0) is 24.3 Å². The molecular weight excluding hydrogens is 327 g/mol. The first-order valence-corrected chi connectivity index (χ1v) is 7.39. The van der Waals surface area contributed by atoms with E-state index in [9.17, 15) is 14.0 Å². The van der Waals surface area contributed by atoms with Crippen LogP contribution < -0.4 is 10.6 Å². The number of carbonyl (C=O) groups is 2. The number of rotatable bonds is 7. The number of nitrogens with one attached hydrogen (secondary N) is 2.